The Balaban J connectivity index is 1.96. The molecular formula is C30H35ClN2O3. The molecular weight excluding hydrogens is 472 g/mol. The van der Waals surface area contributed by atoms with E-state index in [0.29, 0.717) is 17.2 Å². The number of rotatable bonds is 9. The molecule has 0 aliphatic rings. The summed E-state index contributed by atoms with van der Waals surface area (Å²) in [4.78, 5) is 28.9. The lowest BCUT2D eigenvalue weighted by atomic mass is 10.0. The molecule has 1 unspecified atom stereocenters. The number of benzene rings is 3. The van der Waals surface area contributed by atoms with Crippen LogP contribution < -0.4 is 10.1 Å². The van der Waals surface area contributed by atoms with Crippen LogP contribution >= 0.6 is 11.6 Å². The van der Waals surface area contributed by atoms with Gasteiger partial charge >= 0.3 is 0 Å². The van der Waals surface area contributed by atoms with Crippen LogP contribution in [0, 0.1) is 13.8 Å². The van der Waals surface area contributed by atoms with Crippen molar-refractivity contribution in [2.75, 3.05) is 6.61 Å². The van der Waals surface area contributed by atoms with E-state index in [1.807, 2.05) is 101 Å². The van der Waals surface area contributed by atoms with Crippen molar-refractivity contribution in [3.05, 3.63) is 100 Å². The van der Waals surface area contributed by atoms with Crippen LogP contribution in [0.5, 0.6) is 5.75 Å². The quantitative estimate of drug-likeness (QED) is 0.393. The molecule has 190 valence electrons. The largest absolute Gasteiger partial charge is 0.483 e. The lowest BCUT2D eigenvalue weighted by Crippen LogP contribution is -2.55. The van der Waals surface area contributed by atoms with E-state index < -0.39 is 11.6 Å². The first-order chi connectivity index (χ1) is 17.0. The van der Waals surface area contributed by atoms with E-state index in [2.05, 4.69) is 5.32 Å². The molecule has 0 spiro atoms. The highest BCUT2D eigenvalue weighted by Gasteiger charge is 2.32. The Morgan fingerprint density at radius 1 is 0.972 bits per heavy atom. The maximum atomic E-state index is 13.7. The second-order valence-corrected chi connectivity index (χ2v) is 10.5. The molecule has 1 atom stereocenters. The third-order valence-corrected chi connectivity index (χ3v) is 6.13. The maximum absolute atomic E-state index is 13.7. The van der Waals surface area contributed by atoms with Crippen LogP contribution in [0.1, 0.15) is 43.0 Å². The van der Waals surface area contributed by atoms with Gasteiger partial charge in [-0.05, 0) is 69.0 Å². The average molecular weight is 507 g/mol. The van der Waals surface area contributed by atoms with Gasteiger partial charge in [0, 0.05) is 23.5 Å². The van der Waals surface area contributed by atoms with Gasteiger partial charge in [0.1, 0.15) is 11.8 Å². The SMILES string of the molecule is Cc1ccc(C)c(OCC(=O)N(Cc2ccccc2Cl)C(Cc2ccccc2)C(=O)NC(C)(C)C)c1. The van der Waals surface area contributed by atoms with E-state index in [1.165, 1.54) is 0 Å². The highest BCUT2D eigenvalue weighted by Crippen LogP contribution is 2.23. The fourth-order valence-corrected chi connectivity index (χ4v) is 4.10. The van der Waals surface area contributed by atoms with E-state index in [0.717, 1.165) is 22.3 Å². The first-order valence-corrected chi connectivity index (χ1v) is 12.5. The van der Waals surface area contributed by atoms with E-state index in [1.54, 1.807) is 11.0 Å². The minimum absolute atomic E-state index is 0.184. The molecule has 0 aromatic heterocycles. The second kappa shape index (κ2) is 12.1. The van der Waals surface area contributed by atoms with Gasteiger partial charge in [-0.2, -0.15) is 0 Å². The summed E-state index contributed by atoms with van der Waals surface area (Å²) >= 11 is 6.47. The van der Waals surface area contributed by atoms with Crippen LogP contribution in [-0.4, -0.2) is 34.9 Å². The zero-order valence-corrected chi connectivity index (χ0v) is 22.4. The van der Waals surface area contributed by atoms with Crippen LogP contribution in [0.2, 0.25) is 5.02 Å². The van der Waals surface area contributed by atoms with Crippen molar-refractivity contribution in [2.24, 2.45) is 0 Å². The summed E-state index contributed by atoms with van der Waals surface area (Å²) < 4.78 is 5.95. The Morgan fingerprint density at radius 3 is 2.31 bits per heavy atom. The summed E-state index contributed by atoms with van der Waals surface area (Å²) in [6, 6.07) is 22.2. The molecule has 1 N–H and O–H groups in total. The predicted molar refractivity (Wildman–Crippen MR) is 145 cm³/mol. The first kappa shape index (κ1) is 27.3. The molecule has 3 aromatic carbocycles. The maximum Gasteiger partial charge on any atom is 0.261 e. The number of nitrogens with one attached hydrogen (secondary N) is 1. The number of carbonyl (C=O) groups is 2. The molecule has 0 radical (unpaired) electrons. The van der Waals surface area contributed by atoms with E-state index in [-0.39, 0.29) is 25.0 Å². The monoisotopic (exact) mass is 506 g/mol. The highest BCUT2D eigenvalue weighted by molar-refractivity contribution is 6.31. The van der Waals surface area contributed by atoms with Gasteiger partial charge in [0.25, 0.3) is 5.91 Å². The topological polar surface area (TPSA) is 58.6 Å². The summed E-state index contributed by atoms with van der Waals surface area (Å²) in [6.07, 6.45) is 0.364. The number of hydrogen-bond acceptors (Lipinski definition) is 3. The molecule has 3 rings (SSSR count). The molecule has 3 aromatic rings. The fraction of sp³-hybridized carbons (Fsp3) is 0.333. The number of hydrogen-bond donors (Lipinski definition) is 1. The molecule has 0 saturated carbocycles. The van der Waals surface area contributed by atoms with Gasteiger partial charge in [0.2, 0.25) is 5.91 Å². The van der Waals surface area contributed by atoms with Gasteiger partial charge in [-0.15, -0.1) is 0 Å². The third-order valence-electron chi connectivity index (χ3n) is 5.76. The van der Waals surface area contributed by atoms with E-state index in [4.69, 9.17) is 16.3 Å². The average Bonchev–Trinajstić information content (AvgIpc) is 2.82. The Bertz CT molecular complexity index is 1190. The second-order valence-electron chi connectivity index (χ2n) is 10.1. The number of aryl methyl sites for hydroxylation is 2. The van der Waals surface area contributed by atoms with Gasteiger partial charge in [-0.25, -0.2) is 0 Å². The molecule has 0 aliphatic heterocycles. The summed E-state index contributed by atoms with van der Waals surface area (Å²) in [5.74, 6) is 0.138. The van der Waals surface area contributed by atoms with Crippen molar-refractivity contribution >= 4 is 23.4 Å². The smallest absolute Gasteiger partial charge is 0.261 e. The molecule has 6 heteroatoms. The third kappa shape index (κ3) is 7.85. The van der Waals surface area contributed by atoms with Crippen molar-refractivity contribution in [2.45, 2.75) is 59.2 Å². The molecule has 0 saturated heterocycles. The Morgan fingerprint density at radius 2 is 1.64 bits per heavy atom. The first-order valence-electron chi connectivity index (χ1n) is 12.1. The summed E-state index contributed by atoms with van der Waals surface area (Å²) in [5, 5.41) is 3.60. The van der Waals surface area contributed by atoms with Crippen LogP contribution in [-0.2, 0) is 22.6 Å². The number of ether oxygens (including phenoxy) is 1. The summed E-state index contributed by atoms with van der Waals surface area (Å²) in [5.41, 5.74) is 3.25. The number of halogens is 1. The minimum Gasteiger partial charge on any atom is -0.483 e. The van der Waals surface area contributed by atoms with Gasteiger partial charge in [-0.3, -0.25) is 9.59 Å². The predicted octanol–water partition coefficient (Wildman–Crippen LogP) is 5.89. The lowest BCUT2D eigenvalue weighted by molar-refractivity contribution is -0.143. The van der Waals surface area contributed by atoms with Crippen LogP contribution in [0.3, 0.4) is 0 Å². The van der Waals surface area contributed by atoms with Gasteiger partial charge in [0.05, 0.1) is 0 Å². The van der Waals surface area contributed by atoms with Gasteiger partial charge in [-0.1, -0.05) is 72.3 Å². The van der Waals surface area contributed by atoms with E-state index in [9.17, 15) is 9.59 Å². The molecule has 0 aliphatic carbocycles. The molecule has 5 nitrogen and oxygen atoms in total. The molecule has 0 bridgehead atoms. The fourth-order valence-electron chi connectivity index (χ4n) is 3.90. The molecule has 2 amide bonds. The highest BCUT2D eigenvalue weighted by atomic mass is 35.5. The normalized spacial score (nSPS) is 12.1. The lowest BCUT2D eigenvalue weighted by Gasteiger charge is -2.34. The zero-order chi connectivity index (χ0) is 26.3. The van der Waals surface area contributed by atoms with E-state index >= 15 is 0 Å². The standard InChI is InChI=1S/C30H35ClN2O3/c1-21-15-16-22(2)27(17-21)36-20-28(34)33(19-24-13-9-10-14-25(24)31)26(29(35)32-30(3,4)5)18-23-11-7-6-8-12-23/h6-17,26H,18-20H2,1-5H3,(H,32,35). The molecule has 0 heterocycles. The summed E-state index contributed by atoms with van der Waals surface area (Å²) in [6.45, 7) is 9.68. The Kier molecular flexibility index (Phi) is 9.16. The van der Waals surface area contributed by atoms with Crippen molar-refractivity contribution in [1.82, 2.24) is 10.2 Å². The number of nitrogens with zero attached hydrogens (tertiary/aromatic N) is 1. The summed E-state index contributed by atoms with van der Waals surface area (Å²) in [7, 11) is 0. The van der Waals surface area contributed by atoms with Crippen molar-refractivity contribution in [3.63, 3.8) is 0 Å². The van der Waals surface area contributed by atoms with Crippen LogP contribution in [0.15, 0.2) is 72.8 Å². The van der Waals surface area contributed by atoms with Crippen molar-refractivity contribution in [3.8, 4) is 5.75 Å². The van der Waals surface area contributed by atoms with Crippen LogP contribution in [0.25, 0.3) is 0 Å². The zero-order valence-electron chi connectivity index (χ0n) is 21.7. The Labute approximate surface area is 219 Å². The molecule has 0 fully saturated rings. The number of carbonyl (C=O) groups excluding carboxylic acids is 2. The van der Waals surface area contributed by atoms with Crippen molar-refractivity contribution < 1.29 is 14.3 Å². The Hall–Kier alpha value is -3.31. The van der Waals surface area contributed by atoms with Crippen molar-refractivity contribution in [1.29, 1.82) is 0 Å². The van der Waals surface area contributed by atoms with Crippen LogP contribution in [0.4, 0.5) is 0 Å². The molecule has 36 heavy (non-hydrogen) atoms. The van der Waals surface area contributed by atoms with Gasteiger partial charge in [0.15, 0.2) is 6.61 Å². The number of amides is 2. The van der Waals surface area contributed by atoms with Gasteiger partial charge < -0.3 is 15.0 Å². The minimum atomic E-state index is -0.752.